The molecule has 1 heterocycles. The number of hydrogen-bond acceptors (Lipinski definition) is 2. The number of benzene rings is 2. The van der Waals surface area contributed by atoms with Crippen molar-refractivity contribution in [1.29, 1.82) is 0 Å². The van der Waals surface area contributed by atoms with E-state index < -0.39 is 0 Å². The van der Waals surface area contributed by atoms with Gasteiger partial charge in [0, 0.05) is 18.0 Å². The second kappa shape index (κ2) is 6.23. The van der Waals surface area contributed by atoms with Crippen molar-refractivity contribution in [2.45, 2.75) is 6.42 Å². The van der Waals surface area contributed by atoms with Crippen LogP contribution >= 0.6 is 0 Å². The largest absolute Gasteiger partial charge is 0.496 e. The Kier molecular flexibility index (Phi) is 3.97. The predicted octanol–water partition coefficient (Wildman–Crippen LogP) is 4.35. The molecule has 0 aliphatic rings. The van der Waals surface area contributed by atoms with Crippen molar-refractivity contribution in [2.24, 2.45) is 0 Å². The minimum Gasteiger partial charge on any atom is -0.496 e. The molecule has 0 fully saturated rings. The minimum atomic E-state index is 0.863. The van der Waals surface area contributed by atoms with E-state index in [4.69, 9.17) is 4.74 Å². The lowest BCUT2D eigenvalue weighted by Crippen LogP contribution is -1.94. The van der Waals surface area contributed by atoms with E-state index in [1.165, 1.54) is 16.7 Å². The van der Waals surface area contributed by atoms with E-state index in [0.29, 0.717) is 0 Å². The van der Waals surface area contributed by atoms with Crippen LogP contribution in [0.2, 0.25) is 0 Å². The van der Waals surface area contributed by atoms with E-state index in [2.05, 4.69) is 41.4 Å². The molecule has 2 heteroatoms. The minimum absolute atomic E-state index is 0.863. The molecule has 2 nitrogen and oxygen atoms in total. The second-order valence-electron chi connectivity index (χ2n) is 4.90. The third-order valence-corrected chi connectivity index (χ3v) is 3.53. The first-order valence-electron chi connectivity index (χ1n) is 6.98. The smallest absolute Gasteiger partial charge is 0.126 e. The Morgan fingerprint density at radius 1 is 0.857 bits per heavy atom. The lowest BCUT2D eigenvalue weighted by Gasteiger charge is -2.13. The first-order valence-corrected chi connectivity index (χ1v) is 6.98. The molecule has 3 rings (SSSR count). The van der Waals surface area contributed by atoms with Gasteiger partial charge in [0.05, 0.1) is 7.11 Å². The van der Waals surface area contributed by atoms with Gasteiger partial charge in [-0.3, -0.25) is 4.98 Å². The Morgan fingerprint density at radius 3 is 2.38 bits per heavy atom. The summed E-state index contributed by atoms with van der Waals surface area (Å²) in [5, 5.41) is 0. The first kappa shape index (κ1) is 13.4. The zero-order chi connectivity index (χ0) is 14.5. The average molecular weight is 275 g/mol. The molecule has 0 spiro atoms. The van der Waals surface area contributed by atoms with E-state index in [-0.39, 0.29) is 0 Å². The standard InChI is InChI=1S/C19H17NO/c1-21-19-11-5-4-10-18(19)17-9-3-2-8-16(17)13-15-7-6-12-20-14-15/h2-12,14H,13H2,1H3. The van der Waals surface area contributed by atoms with Crippen LogP contribution in [0.5, 0.6) is 5.75 Å². The van der Waals surface area contributed by atoms with Crippen LogP contribution in [0.1, 0.15) is 11.1 Å². The van der Waals surface area contributed by atoms with E-state index in [1.54, 1.807) is 13.3 Å². The fourth-order valence-electron chi connectivity index (χ4n) is 2.53. The molecule has 0 amide bonds. The first-order chi connectivity index (χ1) is 10.4. The Labute approximate surface area is 125 Å². The Bertz CT molecular complexity index is 722. The summed E-state index contributed by atoms with van der Waals surface area (Å²) < 4.78 is 5.49. The maximum Gasteiger partial charge on any atom is 0.126 e. The lowest BCUT2D eigenvalue weighted by molar-refractivity contribution is 0.416. The molecule has 1 aromatic heterocycles. The normalized spacial score (nSPS) is 10.3. The molecular formula is C19H17NO. The van der Waals surface area contributed by atoms with Crippen LogP contribution in [0, 0.1) is 0 Å². The SMILES string of the molecule is COc1ccccc1-c1ccccc1Cc1cccnc1. The van der Waals surface area contributed by atoms with Gasteiger partial charge in [0.1, 0.15) is 5.75 Å². The van der Waals surface area contributed by atoms with Gasteiger partial charge in [-0.15, -0.1) is 0 Å². The van der Waals surface area contributed by atoms with Crippen LogP contribution in [-0.2, 0) is 6.42 Å². The third-order valence-electron chi connectivity index (χ3n) is 3.53. The lowest BCUT2D eigenvalue weighted by atomic mass is 9.95. The molecule has 0 N–H and O–H groups in total. The number of methoxy groups -OCH3 is 1. The fourth-order valence-corrected chi connectivity index (χ4v) is 2.53. The monoisotopic (exact) mass is 275 g/mol. The van der Waals surface area contributed by atoms with Crippen molar-refractivity contribution < 1.29 is 4.74 Å². The van der Waals surface area contributed by atoms with E-state index in [0.717, 1.165) is 17.7 Å². The van der Waals surface area contributed by atoms with Gasteiger partial charge in [0.15, 0.2) is 0 Å². The van der Waals surface area contributed by atoms with Gasteiger partial charge in [-0.25, -0.2) is 0 Å². The summed E-state index contributed by atoms with van der Waals surface area (Å²) in [5.41, 5.74) is 4.81. The number of aromatic nitrogens is 1. The predicted molar refractivity (Wildman–Crippen MR) is 85.5 cm³/mol. The van der Waals surface area contributed by atoms with Gasteiger partial charge in [-0.1, -0.05) is 48.5 Å². The molecule has 0 radical (unpaired) electrons. The van der Waals surface area contributed by atoms with Crippen molar-refractivity contribution in [3.05, 3.63) is 84.2 Å². The summed E-state index contributed by atoms with van der Waals surface area (Å²) in [6.07, 6.45) is 4.58. The van der Waals surface area contributed by atoms with Crippen LogP contribution in [0.25, 0.3) is 11.1 Å². The average Bonchev–Trinajstić information content (AvgIpc) is 2.56. The van der Waals surface area contributed by atoms with Gasteiger partial charge in [-0.2, -0.15) is 0 Å². The Hall–Kier alpha value is -2.61. The molecule has 0 aliphatic carbocycles. The van der Waals surface area contributed by atoms with Crippen LogP contribution in [-0.4, -0.2) is 12.1 Å². The maximum absolute atomic E-state index is 5.49. The third kappa shape index (κ3) is 2.95. The highest BCUT2D eigenvalue weighted by Crippen LogP contribution is 2.32. The highest BCUT2D eigenvalue weighted by atomic mass is 16.5. The second-order valence-corrected chi connectivity index (χ2v) is 4.90. The summed E-state index contributed by atoms with van der Waals surface area (Å²) in [4.78, 5) is 4.19. The van der Waals surface area contributed by atoms with Crippen molar-refractivity contribution in [3.8, 4) is 16.9 Å². The van der Waals surface area contributed by atoms with Gasteiger partial charge < -0.3 is 4.74 Å². The quantitative estimate of drug-likeness (QED) is 0.706. The summed E-state index contributed by atoms with van der Waals surface area (Å²) >= 11 is 0. The summed E-state index contributed by atoms with van der Waals surface area (Å²) in [7, 11) is 1.71. The van der Waals surface area contributed by atoms with Crippen molar-refractivity contribution in [1.82, 2.24) is 4.98 Å². The van der Waals surface area contributed by atoms with Crippen molar-refractivity contribution >= 4 is 0 Å². The van der Waals surface area contributed by atoms with Crippen molar-refractivity contribution in [2.75, 3.05) is 7.11 Å². The van der Waals surface area contributed by atoms with E-state index >= 15 is 0 Å². The number of ether oxygens (including phenoxy) is 1. The van der Waals surface area contributed by atoms with Crippen molar-refractivity contribution in [3.63, 3.8) is 0 Å². The summed E-state index contributed by atoms with van der Waals surface area (Å²) in [5.74, 6) is 0.899. The summed E-state index contributed by atoms with van der Waals surface area (Å²) in [6, 6.07) is 20.6. The number of rotatable bonds is 4. The molecule has 104 valence electrons. The highest BCUT2D eigenvalue weighted by Gasteiger charge is 2.09. The van der Waals surface area contributed by atoms with Gasteiger partial charge in [0.2, 0.25) is 0 Å². The molecule has 3 aromatic rings. The molecule has 0 bridgehead atoms. The maximum atomic E-state index is 5.49. The van der Waals surface area contributed by atoms with Crippen LogP contribution in [0.15, 0.2) is 73.1 Å². The molecule has 0 aliphatic heterocycles. The number of hydrogen-bond donors (Lipinski definition) is 0. The molecule has 21 heavy (non-hydrogen) atoms. The number of para-hydroxylation sites is 1. The molecule has 0 unspecified atom stereocenters. The number of pyridine rings is 1. The Morgan fingerprint density at radius 2 is 1.62 bits per heavy atom. The van der Waals surface area contributed by atoms with Crippen LogP contribution in [0.3, 0.4) is 0 Å². The zero-order valence-electron chi connectivity index (χ0n) is 12.0. The molecular weight excluding hydrogens is 258 g/mol. The molecule has 0 atom stereocenters. The Balaban J connectivity index is 2.04. The zero-order valence-corrected chi connectivity index (χ0v) is 12.0. The molecule has 0 saturated carbocycles. The number of nitrogens with zero attached hydrogens (tertiary/aromatic N) is 1. The van der Waals surface area contributed by atoms with E-state index in [1.807, 2.05) is 30.5 Å². The van der Waals surface area contributed by atoms with Gasteiger partial charge in [0.25, 0.3) is 0 Å². The van der Waals surface area contributed by atoms with Gasteiger partial charge >= 0.3 is 0 Å². The van der Waals surface area contributed by atoms with E-state index in [9.17, 15) is 0 Å². The summed E-state index contributed by atoms with van der Waals surface area (Å²) in [6.45, 7) is 0. The molecule has 0 saturated heterocycles. The molecule has 2 aromatic carbocycles. The topological polar surface area (TPSA) is 22.1 Å². The van der Waals surface area contributed by atoms with Crippen LogP contribution < -0.4 is 4.74 Å². The fraction of sp³-hybridized carbons (Fsp3) is 0.105. The van der Waals surface area contributed by atoms with Crippen LogP contribution in [0.4, 0.5) is 0 Å². The van der Waals surface area contributed by atoms with Gasteiger partial charge in [-0.05, 0) is 35.2 Å². The highest BCUT2D eigenvalue weighted by molar-refractivity contribution is 5.73.